The van der Waals surface area contributed by atoms with Crippen molar-refractivity contribution in [3.63, 3.8) is 0 Å². The first-order valence-electron chi connectivity index (χ1n) is 8.41. The Balaban J connectivity index is 1.67. The van der Waals surface area contributed by atoms with Crippen LogP contribution in [0.2, 0.25) is 0 Å². The van der Waals surface area contributed by atoms with E-state index in [1.54, 1.807) is 12.1 Å². The topological polar surface area (TPSA) is 71.7 Å². The Bertz CT molecular complexity index is 661. The summed E-state index contributed by atoms with van der Waals surface area (Å²) in [6, 6.07) is 13.3. The molecule has 0 spiro atoms. The molecule has 1 aliphatic rings. The second-order valence-electron chi connectivity index (χ2n) is 6.21. The van der Waals surface area contributed by atoms with Crippen molar-refractivity contribution in [2.45, 2.75) is 38.3 Å². The fourth-order valence-electron chi connectivity index (χ4n) is 3.06. The Morgan fingerprint density at radius 3 is 2.71 bits per heavy atom. The van der Waals surface area contributed by atoms with Gasteiger partial charge < -0.3 is 19.6 Å². The molecule has 3 rings (SSSR count). The smallest absolute Gasteiger partial charge is 0.287 e. The van der Waals surface area contributed by atoms with Gasteiger partial charge in [-0.1, -0.05) is 30.3 Å². The fourth-order valence-corrected chi connectivity index (χ4v) is 3.06. The van der Waals surface area contributed by atoms with Crippen molar-refractivity contribution in [3.05, 3.63) is 53.8 Å². The Labute approximate surface area is 141 Å². The minimum atomic E-state index is -0.252. The normalized spacial score (nSPS) is 20.9. The molecular weight excluding hydrogens is 306 g/mol. The van der Waals surface area contributed by atoms with Crippen LogP contribution >= 0.6 is 0 Å². The van der Waals surface area contributed by atoms with Gasteiger partial charge in [-0.15, -0.1) is 0 Å². The van der Waals surface area contributed by atoms with Crippen molar-refractivity contribution in [1.29, 1.82) is 0 Å². The molecule has 2 aromatic rings. The van der Waals surface area contributed by atoms with Gasteiger partial charge in [-0.25, -0.2) is 0 Å². The molecule has 5 heteroatoms. The van der Waals surface area contributed by atoms with Gasteiger partial charge in [-0.2, -0.15) is 0 Å². The van der Waals surface area contributed by atoms with Crippen molar-refractivity contribution in [2.24, 2.45) is 5.92 Å². The molecule has 24 heavy (non-hydrogen) atoms. The van der Waals surface area contributed by atoms with E-state index in [0.717, 1.165) is 19.3 Å². The second-order valence-corrected chi connectivity index (χ2v) is 6.21. The summed E-state index contributed by atoms with van der Waals surface area (Å²) in [5.41, 5.74) is 1.17. The van der Waals surface area contributed by atoms with E-state index in [-0.39, 0.29) is 29.7 Å². The Morgan fingerprint density at radius 2 is 2.04 bits per heavy atom. The van der Waals surface area contributed by atoms with E-state index in [2.05, 4.69) is 5.32 Å². The third-order valence-electron chi connectivity index (χ3n) is 4.43. The molecule has 1 unspecified atom stereocenters. The summed E-state index contributed by atoms with van der Waals surface area (Å²) < 4.78 is 10.7. The molecule has 0 aliphatic heterocycles. The van der Waals surface area contributed by atoms with Gasteiger partial charge in [0.25, 0.3) is 11.9 Å². The van der Waals surface area contributed by atoms with Crippen molar-refractivity contribution in [3.8, 4) is 5.95 Å². The third-order valence-corrected chi connectivity index (χ3v) is 4.43. The average Bonchev–Trinajstić information content (AvgIpc) is 3.01. The molecule has 1 heterocycles. The van der Waals surface area contributed by atoms with Gasteiger partial charge in [0.15, 0.2) is 5.76 Å². The minimum absolute atomic E-state index is 0.0241. The number of aliphatic hydroxyl groups is 1. The minimum Gasteiger partial charge on any atom is -0.465 e. The van der Waals surface area contributed by atoms with E-state index in [1.807, 2.05) is 37.3 Å². The van der Waals surface area contributed by atoms with Crippen LogP contribution in [-0.2, 0) is 6.42 Å². The van der Waals surface area contributed by atoms with Gasteiger partial charge in [-0.05, 0) is 43.7 Å². The first kappa shape index (κ1) is 16.6. The van der Waals surface area contributed by atoms with Gasteiger partial charge >= 0.3 is 0 Å². The van der Waals surface area contributed by atoms with Crippen LogP contribution in [-0.4, -0.2) is 29.8 Å². The molecule has 5 nitrogen and oxygen atoms in total. The van der Waals surface area contributed by atoms with Crippen LogP contribution in [0.4, 0.5) is 0 Å². The second kappa shape index (κ2) is 7.53. The van der Waals surface area contributed by atoms with Crippen LogP contribution < -0.4 is 10.1 Å². The summed E-state index contributed by atoms with van der Waals surface area (Å²) in [6.07, 6.45) is 1.93. The molecule has 0 saturated heterocycles. The highest BCUT2D eigenvalue weighted by Gasteiger charge is 2.35. The predicted molar refractivity (Wildman–Crippen MR) is 90.0 cm³/mol. The summed E-state index contributed by atoms with van der Waals surface area (Å²) in [5, 5.41) is 12.7. The quantitative estimate of drug-likeness (QED) is 0.819. The lowest BCUT2D eigenvalue weighted by Crippen LogP contribution is -2.48. The standard InChI is InChI=1S/C19H23NO4/c1-2-23-18-9-8-17(24-18)19(22)20-16(14-11-15(21)12-14)10-13-6-4-3-5-7-13/h3-9,14-16,21H,2,10-12H2,1H3,(H,20,22). The highest BCUT2D eigenvalue weighted by molar-refractivity contribution is 5.91. The van der Waals surface area contributed by atoms with Gasteiger partial charge in [-0.3, -0.25) is 4.79 Å². The predicted octanol–water partition coefficient (Wildman–Crippen LogP) is 2.79. The number of carbonyl (C=O) groups is 1. The van der Waals surface area contributed by atoms with Crippen LogP contribution in [0.15, 0.2) is 46.9 Å². The molecule has 1 amide bonds. The third kappa shape index (κ3) is 3.97. The Morgan fingerprint density at radius 1 is 1.29 bits per heavy atom. The number of carbonyl (C=O) groups excluding carboxylic acids is 1. The Hall–Kier alpha value is -2.27. The number of aliphatic hydroxyl groups excluding tert-OH is 1. The highest BCUT2D eigenvalue weighted by atomic mass is 16.6. The van der Waals surface area contributed by atoms with Crippen LogP contribution in [0.25, 0.3) is 0 Å². The number of benzene rings is 1. The lowest BCUT2D eigenvalue weighted by atomic mass is 9.75. The molecule has 1 atom stereocenters. The maximum absolute atomic E-state index is 12.5. The molecule has 0 bridgehead atoms. The summed E-state index contributed by atoms with van der Waals surface area (Å²) >= 11 is 0. The number of ether oxygens (including phenoxy) is 1. The van der Waals surface area contributed by atoms with Crippen LogP contribution in [0, 0.1) is 5.92 Å². The number of amides is 1. The molecule has 1 aromatic carbocycles. The van der Waals surface area contributed by atoms with E-state index in [4.69, 9.17) is 9.15 Å². The Kier molecular flexibility index (Phi) is 5.20. The van der Waals surface area contributed by atoms with Gasteiger partial charge in [0.05, 0.1) is 12.7 Å². The van der Waals surface area contributed by atoms with Crippen LogP contribution in [0.3, 0.4) is 0 Å². The SMILES string of the molecule is CCOc1ccc(C(=O)NC(Cc2ccccc2)C2CC(O)C2)o1. The zero-order valence-corrected chi connectivity index (χ0v) is 13.8. The van der Waals surface area contributed by atoms with Crippen LogP contribution in [0.1, 0.15) is 35.9 Å². The molecule has 1 saturated carbocycles. The summed E-state index contributed by atoms with van der Waals surface area (Å²) in [4.78, 5) is 12.5. The molecule has 128 valence electrons. The van der Waals surface area contributed by atoms with E-state index >= 15 is 0 Å². The van der Waals surface area contributed by atoms with Crippen molar-refractivity contribution < 1.29 is 19.1 Å². The molecule has 1 aliphatic carbocycles. The highest BCUT2D eigenvalue weighted by Crippen LogP contribution is 2.32. The van der Waals surface area contributed by atoms with Crippen LogP contribution in [0.5, 0.6) is 5.95 Å². The molecule has 2 N–H and O–H groups in total. The largest absolute Gasteiger partial charge is 0.465 e. The molecule has 0 radical (unpaired) electrons. The van der Waals surface area contributed by atoms with Gasteiger partial charge in [0, 0.05) is 12.1 Å². The van der Waals surface area contributed by atoms with E-state index in [0.29, 0.717) is 12.6 Å². The summed E-state index contributed by atoms with van der Waals surface area (Å²) in [7, 11) is 0. The lowest BCUT2D eigenvalue weighted by Gasteiger charge is -2.38. The van der Waals surface area contributed by atoms with Crippen molar-refractivity contribution in [1.82, 2.24) is 5.32 Å². The van der Waals surface area contributed by atoms with Gasteiger partial charge in [0.1, 0.15) is 0 Å². The number of furan rings is 1. The first-order valence-corrected chi connectivity index (χ1v) is 8.41. The zero-order valence-electron chi connectivity index (χ0n) is 13.8. The van der Waals surface area contributed by atoms with Crippen molar-refractivity contribution >= 4 is 5.91 Å². The summed E-state index contributed by atoms with van der Waals surface area (Å²) in [5.74, 6) is 0.631. The maximum Gasteiger partial charge on any atom is 0.287 e. The number of hydrogen-bond acceptors (Lipinski definition) is 4. The average molecular weight is 329 g/mol. The summed E-state index contributed by atoms with van der Waals surface area (Å²) in [6.45, 7) is 2.35. The number of rotatable bonds is 7. The number of nitrogens with one attached hydrogen (secondary N) is 1. The molecule has 1 aromatic heterocycles. The maximum atomic E-state index is 12.5. The van der Waals surface area contributed by atoms with Crippen molar-refractivity contribution in [2.75, 3.05) is 6.61 Å². The zero-order chi connectivity index (χ0) is 16.9. The van der Waals surface area contributed by atoms with E-state index in [9.17, 15) is 9.90 Å². The molecule has 1 fully saturated rings. The number of hydrogen-bond donors (Lipinski definition) is 2. The molecular formula is C19H23NO4. The van der Waals surface area contributed by atoms with E-state index in [1.165, 1.54) is 5.56 Å². The van der Waals surface area contributed by atoms with Gasteiger partial charge in [0.2, 0.25) is 0 Å². The lowest BCUT2D eigenvalue weighted by molar-refractivity contribution is 0.0236. The monoisotopic (exact) mass is 329 g/mol. The van der Waals surface area contributed by atoms with E-state index < -0.39 is 0 Å². The first-order chi connectivity index (χ1) is 11.7. The fraction of sp³-hybridized carbons (Fsp3) is 0.421.